The van der Waals surface area contributed by atoms with Crippen LogP contribution in [0.3, 0.4) is 0 Å². The van der Waals surface area contributed by atoms with Gasteiger partial charge in [0, 0.05) is 36.8 Å². The molecule has 1 fully saturated rings. The van der Waals surface area contributed by atoms with Gasteiger partial charge in [-0.05, 0) is 35.2 Å². The molecule has 0 saturated carbocycles. The highest BCUT2D eigenvalue weighted by Crippen LogP contribution is 2.35. The summed E-state index contributed by atoms with van der Waals surface area (Å²) in [6.45, 7) is 4.23. The smallest absolute Gasteiger partial charge is 0.323 e. The number of pyridine rings is 1. The van der Waals surface area contributed by atoms with E-state index < -0.39 is 0 Å². The maximum atomic E-state index is 12.8. The second-order valence-electron chi connectivity index (χ2n) is 8.53. The fraction of sp³-hybridized carbons (Fsp3) is 0.214. The van der Waals surface area contributed by atoms with E-state index in [1.807, 2.05) is 36.5 Å². The van der Waals surface area contributed by atoms with E-state index >= 15 is 0 Å². The van der Waals surface area contributed by atoms with Gasteiger partial charge in [0.2, 0.25) is 0 Å². The molecule has 1 aliphatic rings. The van der Waals surface area contributed by atoms with Crippen molar-refractivity contribution in [3.8, 4) is 16.9 Å². The van der Waals surface area contributed by atoms with E-state index in [0.29, 0.717) is 22.1 Å². The van der Waals surface area contributed by atoms with Crippen molar-refractivity contribution in [2.75, 3.05) is 44.0 Å². The Morgan fingerprint density at radius 2 is 1.75 bits per heavy atom. The van der Waals surface area contributed by atoms with Crippen LogP contribution in [0.15, 0.2) is 72.9 Å². The molecule has 0 radical (unpaired) electrons. The van der Waals surface area contributed by atoms with Crippen LogP contribution in [0.4, 0.5) is 16.2 Å². The Kier molecular flexibility index (Phi) is 7.32. The second kappa shape index (κ2) is 11.0. The third-order valence-electron chi connectivity index (χ3n) is 6.22. The van der Waals surface area contributed by atoms with Gasteiger partial charge in [-0.2, -0.15) is 0 Å². The van der Waals surface area contributed by atoms with Crippen molar-refractivity contribution in [2.24, 2.45) is 0 Å². The zero-order valence-corrected chi connectivity index (χ0v) is 20.7. The molecule has 2 heterocycles. The number of carbonyl (C=O) groups excluding carboxylic acids is 1. The third-order valence-corrected chi connectivity index (χ3v) is 6.51. The van der Waals surface area contributed by atoms with E-state index in [1.54, 1.807) is 18.2 Å². The fourth-order valence-electron chi connectivity index (χ4n) is 4.42. The second-order valence-corrected chi connectivity index (χ2v) is 8.94. The molecule has 7 nitrogen and oxygen atoms in total. The number of halogens is 1. The number of carbonyl (C=O) groups is 1. The predicted molar refractivity (Wildman–Crippen MR) is 144 cm³/mol. The summed E-state index contributed by atoms with van der Waals surface area (Å²) in [5.41, 5.74) is 4.31. The van der Waals surface area contributed by atoms with Gasteiger partial charge in [0.05, 0.1) is 42.4 Å². The number of rotatable bonds is 6. The van der Waals surface area contributed by atoms with Crippen molar-refractivity contribution in [1.29, 1.82) is 0 Å². The highest BCUT2D eigenvalue weighted by atomic mass is 35.5. The maximum Gasteiger partial charge on any atom is 0.323 e. The summed E-state index contributed by atoms with van der Waals surface area (Å²) in [5, 5.41) is 8.16. The maximum absolute atomic E-state index is 12.8. The molecule has 5 rings (SSSR count). The number of fused-ring (bicyclic) bond motifs is 1. The summed E-state index contributed by atoms with van der Waals surface area (Å²) in [5.74, 6) is 0.416. The van der Waals surface area contributed by atoms with Crippen LogP contribution in [0.1, 0.15) is 5.69 Å². The molecular formula is C28H27ClN4O3. The topological polar surface area (TPSA) is 75.7 Å². The number of aromatic nitrogens is 1. The lowest BCUT2D eigenvalue weighted by Crippen LogP contribution is -2.35. The van der Waals surface area contributed by atoms with Crippen molar-refractivity contribution in [1.82, 2.24) is 9.88 Å². The number of nitrogens with zero attached hydrogens (tertiary/aromatic N) is 2. The molecule has 1 aliphatic heterocycles. The largest absolute Gasteiger partial charge is 0.493 e. The van der Waals surface area contributed by atoms with E-state index in [0.717, 1.165) is 60.4 Å². The molecule has 1 aromatic heterocycles. The highest BCUT2D eigenvalue weighted by Gasteiger charge is 2.14. The van der Waals surface area contributed by atoms with E-state index in [4.69, 9.17) is 26.1 Å². The lowest BCUT2D eigenvalue weighted by molar-refractivity contribution is 0.0336. The average molecular weight is 503 g/mol. The van der Waals surface area contributed by atoms with Crippen LogP contribution in [0.2, 0.25) is 5.02 Å². The third kappa shape index (κ3) is 5.28. The summed E-state index contributed by atoms with van der Waals surface area (Å²) < 4.78 is 10.8. The molecule has 2 N–H and O–H groups in total. The molecule has 0 bridgehead atoms. The van der Waals surface area contributed by atoms with E-state index in [9.17, 15) is 4.79 Å². The lowest BCUT2D eigenvalue weighted by atomic mass is 9.98. The summed E-state index contributed by atoms with van der Waals surface area (Å²) >= 11 is 6.18. The minimum Gasteiger partial charge on any atom is -0.493 e. The molecule has 0 atom stereocenters. The Morgan fingerprint density at radius 1 is 0.972 bits per heavy atom. The van der Waals surface area contributed by atoms with E-state index in [2.05, 4.69) is 33.7 Å². The van der Waals surface area contributed by atoms with Crippen LogP contribution in [-0.2, 0) is 11.3 Å². The standard InChI is InChI=1S/C28H27ClN4O3/c1-35-27-24(29)7-4-8-26(27)32-28(34)31-25-12-11-21(22-5-2-3-6-23(22)25)19-9-10-20(30-17-19)18-33-13-15-36-16-14-33/h2-12,17H,13-16,18H2,1H3,(H2,31,32,34). The van der Waals surface area contributed by atoms with Gasteiger partial charge in [0.1, 0.15) is 0 Å². The first kappa shape index (κ1) is 24.1. The number of hydrogen-bond donors (Lipinski definition) is 2. The summed E-state index contributed by atoms with van der Waals surface area (Å²) in [7, 11) is 1.51. The minimum atomic E-state index is -0.386. The molecule has 0 unspecified atom stereocenters. The first-order valence-electron chi connectivity index (χ1n) is 11.8. The SMILES string of the molecule is COc1c(Cl)cccc1NC(=O)Nc1ccc(-c2ccc(CN3CCOCC3)nc2)c2ccccc12. The van der Waals surface area contributed by atoms with Crippen LogP contribution < -0.4 is 15.4 Å². The number of para-hydroxylation sites is 1. The first-order chi connectivity index (χ1) is 17.6. The van der Waals surface area contributed by atoms with Crippen LogP contribution in [-0.4, -0.2) is 49.3 Å². The van der Waals surface area contributed by atoms with Crippen LogP contribution in [0.25, 0.3) is 21.9 Å². The normalized spacial score (nSPS) is 13.9. The monoisotopic (exact) mass is 502 g/mol. The van der Waals surface area contributed by atoms with Crippen molar-refractivity contribution >= 4 is 39.8 Å². The Bertz CT molecular complexity index is 1370. The summed E-state index contributed by atoms with van der Waals surface area (Å²) in [6.07, 6.45) is 1.92. The van der Waals surface area contributed by atoms with Gasteiger partial charge in [-0.1, -0.05) is 54.1 Å². The summed E-state index contributed by atoms with van der Waals surface area (Å²) in [4.78, 5) is 19.9. The first-order valence-corrected chi connectivity index (χ1v) is 12.2. The molecule has 0 aliphatic carbocycles. The van der Waals surface area contributed by atoms with Crippen molar-refractivity contribution < 1.29 is 14.3 Å². The molecule has 4 aromatic rings. The van der Waals surface area contributed by atoms with E-state index in [-0.39, 0.29) is 6.03 Å². The van der Waals surface area contributed by atoms with Gasteiger partial charge in [0.25, 0.3) is 0 Å². The number of ether oxygens (including phenoxy) is 2. The lowest BCUT2D eigenvalue weighted by Gasteiger charge is -2.26. The Balaban J connectivity index is 1.36. The van der Waals surface area contributed by atoms with Crippen molar-refractivity contribution in [3.05, 3.63) is 83.6 Å². The number of nitrogens with one attached hydrogen (secondary N) is 2. The van der Waals surface area contributed by atoms with Gasteiger partial charge in [-0.25, -0.2) is 4.79 Å². The summed E-state index contributed by atoms with van der Waals surface area (Å²) in [6, 6.07) is 20.9. The Labute approximate surface area is 215 Å². The molecule has 1 saturated heterocycles. The molecular weight excluding hydrogens is 476 g/mol. The molecule has 184 valence electrons. The predicted octanol–water partition coefficient (Wildman–Crippen LogP) is 6.04. The minimum absolute atomic E-state index is 0.386. The molecule has 2 amide bonds. The fourth-order valence-corrected chi connectivity index (χ4v) is 4.67. The number of anilines is 2. The number of amides is 2. The van der Waals surface area contributed by atoms with Gasteiger partial charge >= 0.3 is 6.03 Å². The van der Waals surface area contributed by atoms with Gasteiger partial charge < -0.3 is 20.1 Å². The number of benzene rings is 3. The molecule has 36 heavy (non-hydrogen) atoms. The van der Waals surface area contributed by atoms with Crippen LogP contribution >= 0.6 is 11.6 Å². The number of urea groups is 1. The average Bonchev–Trinajstić information content (AvgIpc) is 2.90. The van der Waals surface area contributed by atoms with Gasteiger partial charge in [0.15, 0.2) is 5.75 Å². The quantitative estimate of drug-likeness (QED) is 0.336. The molecule has 8 heteroatoms. The number of morpholine rings is 1. The Hall–Kier alpha value is -3.65. The van der Waals surface area contributed by atoms with E-state index in [1.165, 1.54) is 7.11 Å². The van der Waals surface area contributed by atoms with Gasteiger partial charge in [-0.3, -0.25) is 9.88 Å². The zero-order valence-electron chi connectivity index (χ0n) is 20.0. The van der Waals surface area contributed by atoms with Crippen LogP contribution in [0.5, 0.6) is 5.75 Å². The molecule has 3 aromatic carbocycles. The van der Waals surface area contributed by atoms with Crippen molar-refractivity contribution in [2.45, 2.75) is 6.54 Å². The van der Waals surface area contributed by atoms with Crippen molar-refractivity contribution in [3.63, 3.8) is 0 Å². The zero-order chi connectivity index (χ0) is 24.9. The highest BCUT2D eigenvalue weighted by molar-refractivity contribution is 6.32. The van der Waals surface area contributed by atoms with Crippen LogP contribution in [0, 0.1) is 0 Å². The number of hydrogen-bond acceptors (Lipinski definition) is 5. The van der Waals surface area contributed by atoms with Gasteiger partial charge in [-0.15, -0.1) is 0 Å². The number of methoxy groups -OCH3 is 1. The molecule has 0 spiro atoms. The Morgan fingerprint density at radius 3 is 2.50 bits per heavy atom.